The predicted octanol–water partition coefficient (Wildman–Crippen LogP) is 3.27. The highest BCUT2D eigenvalue weighted by Gasteiger charge is 2.31. The summed E-state index contributed by atoms with van der Waals surface area (Å²) in [5, 5.41) is 0.639. The summed E-state index contributed by atoms with van der Waals surface area (Å²) >= 11 is 6.10. The molecule has 2 unspecified atom stereocenters. The molecular formula is C15H22Cl2N2O. The number of nitrogens with two attached hydrogens (primary N) is 1. The molecule has 1 aliphatic rings. The maximum absolute atomic E-state index is 12.7. The van der Waals surface area contributed by atoms with Gasteiger partial charge in [0.05, 0.1) is 0 Å². The smallest absolute Gasteiger partial charge is 0.254 e. The summed E-state index contributed by atoms with van der Waals surface area (Å²) in [4.78, 5) is 14.6. The Kier molecular flexibility index (Phi) is 6.31. The van der Waals surface area contributed by atoms with Crippen LogP contribution in [-0.2, 0) is 0 Å². The molecule has 0 aromatic heterocycles. The number of nitrogens with zero attached hydrogens (tertiary/aromatic N) is 1. The number of carbonyl (C=O) groups is 1. The fraction of sp³-hybridized carbons (Fsp3) is 0.533. The van der Waals surface area contributed by atoms with Crippen molar-refractivity contribution in [3.8, 4) is 0 Å². The third-order valence-corrected chi connectivity index (χ3v) is 4.53. The molecule has 2 atom stereocenters. The number of hydrogen-bond acceptors (Lipinski definition) is 2. The summed E-state index contributed by atoms with van der Waals surface area (Å²) in [6, 6.07) is 5.62. The highest BCUT2D eigenvalue weighted by atomic mass is 35.5. The van der Waals surface area contributed by atoms with Gasteiger partial charge in [0.15, 0.2) is 0 Å². The minimum absolute atomic E-state index is 0. The van der Waals surface area contributed by atoms with Crippen LogP contribution >= 0.6 is 24.0 Å². The first-order valence-corrected chi connectivity index (χ1v) is 7.20. The second kappa shape index (κ2) is 7.30. The van der Waals surface area contributed by atoms with Gasteiger partial charge in [-0.05, 0) is 43.4 Å². The normalized spacial score (nSPS) is 22.3. The number of amides is 1. The van der Waals surface area contributed by atoms with Gasteiger partial charge in [-0.1, -0.05) is 24.6 Å². The van der Waals surface area contributed by atoms with Crippen molar-refractivity contribution >= 4 is 29.9 Å². The van der Waals surface area contributed by atoms with Crippen LogP contribution in [0, 0.1) is 12.8 Å². The van der Waals surface area contributed by atoms with Gasteiger partial charge in [0.2, 0.25) is 0 Å². The van der Waals surface area contributed by atoms with Crippen LogP contribution in [0.2, 0.25) is 5.02 Å². The molecule has 1 fully saturated rings. The Hall–Kier alpha value is -0.770. The third-order valence-electron chi connectivity index (χ3n) is 4.12. The predicted molar refractivity (Wildman–Crippen MR) is 85.7 cm³/mol. The molecule has 2 N–H and O–H groups in total. The second-order valence-electron chi connectivity index (χ2n) is 5.33. The van der Waals surface area contributed by atoms with Crippen molar-refractivity contribution < 1.29 is 4.79 Å². The van der Waals surface area contributed by atoms with Crippen LogP contribution in [0.5, 0.6) is 0 Å². The van der Waals surface area contributed by atoms with Crippen molar-refractivity contribution in [1.29, 1.82) is 0 Å². The SMILES string of the molecule is Cc1c(Cl)cccc1C(=O)N1CCCC(C)C1CN.Cl. The molecule has 2 rings (SSSR count). The minimum atomic E-state index is 0. The molecule has 0 bridgehead atoms. The highest BCUT2D eigenvalue weighted by Crippen LogP contribution is 2.26. The summed E-state index contributed by atoms with van der Waals surface area (Å²) in [6.45, 7) is 5.37. The Balaban J connectivity index is 0.00000200. The highest BCUT2D eigenvalue weighted by molar-refractivity contribution is 6.31. The summed E-state index contributed by atoms with van der Waals surface area (Å²) in [5.74, 6) is 0.518. The van der Waals surface area contributed by atoms with Crippen LogP contribution in [-0.4, -0.2) is 29.9 Å². The maximum Gasteiger partial charge on any atom is 0.254 e. The Morgan fingerprint density at radius 1 is 1.50 bits per heavy atom. The number of hydrogen-bond donors (Lipinski definition) is 1. The van der Waals surface area contributed by atoms with Crippen LogP contribution < -0.4 is 5.73 Å². The van der Waals surface area contributed by atoms with Crippen LogP contribution in [0.15, 0.2) is 18.2 Å². The van der Waals surface area contributed by atoms with E-state index in [1.54, 1.807) is 0 Å². The molecule has 0 saturated carbocycles. The molecule has 1 aromatic carbocycles. The first-order chi connectivity index (χ1) is 9.06. The quantitative estimate of drug-likeness (QED) is 0.910. The molecule has 0 radical (unpaired) electrons. The van der Waals surface area contributed by atoms with Crippen LogP contribution in [0.4, 0.5) is 0 Å². The molecule has 1 heterocycles. The van der Waals surface area contributed by atoms with E-state index in [-0.39, 0.29) is 24.4 Å². The third kappa shape index (κ3) is 3.27. The molecule has 1 aliphatic heterocycles. The van der Waals surface area contributed by atoms with Gasteiger partial charge in [0.1, 0.15) is 0 Å². The van der Waals surface area contributed by atoms with Gasteiger partial charge in [-0.2, -0.15) is 0 Å². The topological polar surface area (TPSA) is 46.3 Å². The molecule has 112 valence electrons. The number of rotatable bonds is 2. The lowest BCUT2D eigenvalue weighted by atomic mass is 9.90. The van der Waals surface area contributed by atoms with Gasteiger partial charge in [-0.3, -0.25) is 4.79 Å². The second-order valence-corrected chi connectivity index (χ2v) is 5.74. The Morgan fingerprint density at radius 3 is 2.85 bits per heavy atom. The lowest BCUT2D eigenvalue weighted by Crippen LogP contribution is -2.51. The number of likely N-dealkylation sites (tertiary alicyclic amines) is 1. The fourth-order valence-corrected chi connectivity index (χ4v) is 3.03. The molecule has 3 nitrogen and oxygen atoms in total. The summed E-state index contributed by atoms with van der Waals surface area (Å²) in [5.41, 5.74) is 7.39. The van der Waals surface area contributed by atoms with E-state index in [0.29, 0.717) is 23.0 Å². The van der Waals surface area contributed by atoms with Crippen molar-refractivity contribution in [3.63, 3.8) is 0 Å². The lowest BCUT2D eigenvalue weighted by molar-refractivity contribution is 0.0532. The van der Waals surface area contributed by atoms with Crippen molar-refractivity contribution in [2.45, 2.75) is 32.7 Å². The standard InChI is InChI=1S/C15H21ClN2O.ClH/c1-10-5-4-8-18(14(10)9-17)15(19)12-6-3-7-13(16)11(12)2;/h3,6-7,10,14H,4-5,8-9,17H2,1-2H3;1H. The number of carbonyl (C=O) groups excluding carboxylic acids is 1. The molecule has 1 amide bonds. The molecular weight excluding hydrogens is 295 g/mol. The Morgan fingerprint density at radius 2 is 2.20 bits per heavy atom. The maximum atomic E-state index is 12.7. The number of halogens is 2. The summed E-state index contributed by atoms with van der Waals surface area (Å²) in [6.07, 6.45) is 2.18. The van der Waals surface area contributed by atoms with Crippen molar-refractivity contribution in [2.24, 2.45) is 11.7 Å². The van der Waals surface area contributed by atoms with Crippen molar-refractivity contribution in [3.05, 3.63) is 34.3 Å². The Bertz CT molecular complexity index is 479. The van der Waals surface area contributed by atoms with E-state index in [4.69, 9.17) is 17.3 Å². The molecule has 1 aromatic rings. The van der Waals surface area contributed by atoms with Crippen LogP contribution in [0.3, 0.4) is 0 Å². The van der Waals surface area contributed by atoms with Gasteiger partial charge < -0.3 is 10.6 Å². The number of benzene rings is 1. The zero-order valence-corrected chi connectivity index (χ0v) is 13.5. The van der Waals surface area contributed by atoms with Gasteiger partial charge in [0, 0.05) is 29.7 Å². The van der Waals surface area contributed by atoms with Gasteiger partial charge in [0.25, 0.3) is 5.91 Å². The monoisotopic (exact) mass is 316 g/mol. The van der Waals surface area contributed by atoms with Gasteiger partial charge >= 0.3 is 0 Å². The van der Waals surface area contributed by atoms with Gasteiger partial charge in [-0.15, -0.1) is 12.4 Å². The van der Waals surface area contributed by atoms with Gasteiger partial charge in [-0.25, -0.2) is 0 Å². The Labute approximate surface area is 131 Å². The average Bonchev–Trinajstić information content (AvgIpc) is 2.41. The zero-order valence-electron chi connectivity index (χ0n) is 11.9. The summed E-state index contributed by atoms with van der Waals surface area (Å²) in [7, 11) is 0. The van der Waals surface area contributed by atoms with E-state index >= 15 is 0 Å². The lowest BCUT2D eigenvalue weighted by Gasteiger charge is -2.39. The van der Waals surface area contributed by atoms with E-state index in [1.807, 2.05) is 30.0 Å². The van der Waals surface area contributed by atoms with Crippen LogP contribution in [0.1, 0.15) is 35.7 Å². The van der Waals surface area contributed by atoms with Crippen LogP contribution in [0.25, 0.3) is 0 Å². The molecule has 0 aliphatic carbocycles. The van der Waals surface area contributed by atoms with E-state index < -0.39 is 0 Å². The first kappa shape index (κ1) is 17.3. The summed E-state index contributed by atoms with van der Waals surface area (Å²) < 4.78 is 0. The van der Waals surface area contributed by atoms with Crippen molar-refractivity contribution in [1.82, 2.24) is 4.90 Å². The van der Waals surface area contributed by atoms with E-state index in [0.717, 1.165) is 24.9 Å². The van der Waals surface area contributed by atoms with E-state index in [2.05, 4.69) is 6.92 Å². The minimum Gasteiger partial charge on any atom is -0.334 e. The molecule has 20 heavy (non-hydrogen) atoms. The largest absolute Gasteiger partial charge is 0.334 e. The van der Waals surface area contributed by atoms with E-state index in [1.165, 1.54) is 0 Å². The fourth-order valence-electron chi connectivity index (χ4n) is 2.85. The number of piperidine rings is 1. The zero-order chi connectivity index (χ0) is 14.0. The van der Waals surface area contributed by atoms with Crippen molar-refractivity contribution in [2.75, 3.05) is 13.1 Å². The molecule has 0 spiro atoms. The molecule has 1 saturated heterocycles. The first-order valence-electron chi connectivity index (χ1n) is 6.82. The van der Waals surface area contributed by atoms with E-state index in [9.17, 15) is 4.79 Å². The molecule has 5 heteroatoms. The average molecular weight is 317 g/mol.